The molecule has 0 saturated heterocycles. The molecule has 0 aliphatic carbocycles. The molecule has 0 atom stereocenters. The van der Waals surface area contributed by atoms with Gasteiger partial charge in [0.15, 0.2) is 0 Å². The van der Waals surface area contributed by atoms with Crippen LogP contribution in [0.4, 0.5) is 4.79 Å². The van der Waals surface area contributed by atoms with Crippen molar-refractivity contribution in [3.8, 4) is 0 Å². The molecule has 1 aromatic carbocycles. The third-order valence-electron chi connectivity index (χ3n) is 1.70. The van der Waals surface area contributed by atoms with Crippen molar-refractivity contribution < 1.29 is 9.53 Å². The Balaban J connectivity index is 2.34. The van der Waals surface area contributed by atoms with Gasteiger partial charge in [-0.15, -0.1) is 0 Å². The molecule has 2 N–H and O–H groups in total. The first kappa shape index (κ1) is 11.5. The second kappa shape index (κ2) is 5.98. The highest BCUT2D eigenvalue weighted by Crippen LogP contribution is 1.99. The molecule has 0 aliphatic heterocycles. The Labute approximate surface area is 93.6 Å². The van der Waals surface area contributed by atoms with Crippen molar-refractivity contribution >= 4 is 23.3 Å². The summed E-state index contributed by atoms with van der Waals surface area (Å²) in [7, 11) is 1.29. The number of amides is 1. The number of thiocarbonyl (C=S) groups is 1. The van der Waals surface area contributed by atoms with Crippen LogP contribution in [-0.2, 0) is 11.2 Å². The number of carbonyl (C=O) groups excluding carboxylic acids is 1. The molecule has 80 valence electrons. The minimum Gasteiger partial charge on any atom is -0.452 e. The quantitative estimate of drug-likeness (QED) is 0.589. The van der Waals surface area contributed by atoms with Crippen molar-refractivity contribution in [2.45, 2.75) is 6.42 Å². The van der Waals surface area contributed by atoms with Crippen molar-refractivity contribution in [1.82, 2.24) is 10.9 Å². The molecule has 0 saturated carbocycles. The van der Waals surface area contributed by atoms with E-state index in [9.17, 15) is 4.79 Å². The molecule has 0 radical (unpaired) electrons. The highest BCUT2D eigenvalue weighted by molar-refractivity contribution is 7.80. The van der Waals surface area contributed by atoms with Crippen LogP contribution in [0.15, 0.2) is 30.3 Å². The number of carbonyl (C=O) groups is 1. The molecule has 15 heavy (non-hydrogen) atoms. The molecular weight excluding hydrogens is 212 g/mol. The summed E-state index contributed by atoms with van der Waals surface area (Å²) in [6.07, 6.45) is 0.0191. The molecule has 0 fully saturated rings. The van der Waals surface area contributed by atoms with Crippen LogP contribution in [0.1, 0.15) is 5.56 Å². The van der Waals surface area contributed by atoms with Crippen LogP contribution >= 0.6 is 12.2 Å². The van der Waals surface area contributed by atoms with E-state index in [1.54, 1.807) is 0 Å². The maximum atomic E-state index is 10.7. The summed E-state index contributed by atoms with van der Waals surface area (Å²) in [5, 5.41) is 0. The Morgan fingerprint density at radius 2 is 2.00 bits per heavy atom. The standard InChI is InChI=1S/C10H12N2O2S/c1-14-10(13)12-11-9(15)7-8-5-3-2-4-6-8/h2-6H,7H2,1H3,(H,11,15)(H,12,13). The molecule has 0 spiro atoms. The van der Waals surface area contributed by atoms with Gasteiger partial charge >= 0.3 is 6.09 Å². The number of hydrogen-bond acceptors (Lipinski definition) is 3. The SMILES string of the molecule is COC(=O)NNC(=S)Cc1ccccc1. The fraction of sp³-hybridized carbons (Fsp3) is 0.200. The van der Waals surface area contributed by atoms with Gasteiger partial charge in [-0.3, -0.25) is 5.43 Å². The number of benzene rings is 1. The highest BCUT2D eigenvalue weighted by Gasteiger charge is 2.00. The minimum absolute atomic E-state index is 0.534. The fourth-order valence-electron chi connectivity index (χ4n) is 0.997. The van der Waals surface area contributed by atoms with E-state index in [1.807, 2.05) is 30.3 Å². The average Bonchev–Trinajstić information content (AvgIpc) is 2.27. The summed E-state index contributed by atoms with van der Waals surface area (Å²) in [6, 6.07) is 9.74. The topological polar surface area (TPSA) is 50.4 Å². The monoisotopic (exact) mass is 224 g/mol. The Kier molecular flexibility index (Phi) is 4.56. The number of methoxy groups -OCH3 is 1. The van der Waals surface area contributed by atoms with Gasteiger partial charge in [0.2, 0.25) is 0 Å². The summed E-state index contributed by atoms with van der Waals surface area (Å²) in [6.45, 7) is 0. The number of hydrogen-bond donors (Lipinski definition) is 2. The van der Waals surface area contributed by atoms with Gasteiger partial charge in [-0.25, -0.2) is 10.2 Å². The molecule has 0 heterocycles. The first-order valence-corrected chi connectivity index (χ1v) is 4.80. The minimum atomic E-state index is -0.564. The average molecular weight is 224 g/mol. The predicted octanol–water partition coefficient (Wildman–Crippen LogP) is 1.42. The lowest BCUT2D eigenvalue weighted by Gasteiger charge is -2.08. The first-order chi connectivity index (χ1) is 7.22. The second-order valence-corrected chi connectivity index (χ2v) is 3.32. The van der Waals surface area contributed by atoms with Crippen molar-refractivity contribution in [1.29, 1.82) is 0 Å². The van der Waals surface area contributed by atoms with Crippen LogP contribution in [0.25, 0.3) is 0 Å². The van der Waals surface area contributed by atoms with Crippen LogP contribution in [-0.4, -0.2) is 18.2 Å². The Hall–Kier alpha value is -1.62. The summed E-state index contributed by atoms with van der Waals surface area (Å²) in [5.41, 5.74) is 5.97. The summed E-state index contributed by atoms with van der Waals surface area (Å²) < 4.78 is 4.38. The third kappa shape index (κ3) is 4.42. The lowest BCUT2D eigenvalue weighted by Crippen LogP contribution is -2.41. The van der Waals surface area contributed by atoms with Crippen LogP contribution in [0.3, 0.4) is 0 Å². The summed E-state index contributed by atoms with van der Waals surface area (Å²) >= 11 is 5.02. The largest absolute Gasteiger partial charge is 0.452 e. The third-order valence-corrected chi connectivity index (χ3v) is 1.94. The van der Waals surface area contributed by atoms with Gasteiger partial charge in [0.25, 0.3) is 0 Å². The van der Waals surface area contributed by atoms with E-state index < -0.39 is 6.09 Å². The number of ether oxygens (including phenoxy) is 1. The number of nitrogens with one attached hydrogen (secondary N) is 2. The van der Waals surface area contributed by atoms with Crippen LogP contribution in [0.2, 0.25) is 0 Å². The maximum absolute atomic E-state index is 10.7. The van der Waals surface area contributed by atoms with E-state index in [0.717, 1.165) is 5.56 Å². The van der Waals surface area contributed by atoms with Gasteiger partial charge in [-0.1, -0.05) is 42.5 Å². The van der Waals surface area contributed by atoms with E-state index >= 15 is 0 Å². The van der Waals surface area contributed by atoms with E-state index in [1.165, 1.54) is 7.11 Å². The predicted molar refractivity (Wildman–Crippen MR) is 61.4 cm³/mol. The van der Waals surface area contributed by atoms with Crippen molar-refractivity contribution in [3.63, 3.8) is 0 Å². The first-order valence-electron chi connectivity index (χ1n) is 4.39. The van der Waals surface area contributed by atoms with Crippen LogP contribution in [0, 0.1) is 0 Å². The summed E-state index contributed by atoms with van der Waals surface area (Å²) in [4.78, 5) is 11.2. The summed E-state index contributed by atoms with van der Waals surface area (Å²) in [5.74, 6) is 0. The molecule has 1 rings (SSSR count). The Bertz CT molecular complexity index is 341. The van der Waals surface area contributed by atoms with Gasteiger partial charge in [0.05, 0.1) is 12.1 Å². The lowest BCUT2D eigenvalue weighted by molar-refractivity contribution is 0.169. The van der Waals surface area contributed by atoms with Crippen molar-refractivity contribution in [2.24, 2.45) is 0 Å². The molecule has 1 aromatic rings. The van der Waals surface area contributed by atoms with Gasteiger partial charge in [0.1, 0.15) is 0 Å². The van der Waals surface area contributed by atoms with Crippen LogP contribution in [0.5, 0.6) is 0 Å². The zero-order chi connectivity index (χ0) is 11.1. The van der Waals surface area contributed by atoms with E-state index in [0.29, 0.717) is 11.4 Å². The highest BCUT2D eigenvalue weighted by atomic mass is 32.1. The van der Waals surface area contributed by atoms with E-state index in [2.05, 4.69) is 15.6 Å². The normalized spacial score (nSPS) is 9.13. The lowest BCUT2D eigenvalue weighted by atomic mass is 10.2. The second-order valence-electron chi connectivity index (χ2n) is 2.83. The molecule has 0 aliphatic rings. The van der Waals surface area contributed by atoms with Crippen molar-refractivity contribution in [3.05, 3.63) is 35.9 Å². The van der Waals surface area contributed by atoms with Gasteiger partial charge in [0, 0.05) is 6.42 Å². The Morgan fingerprint density at radius 1 is 1.33 bits per heavy atom. The fourth-order valence-corrected chi connectivity index (χ4v) is 1.21. The van der Waals surface area contributed by atoms with Gasteiger partial charge in [-0.2, -0.15) is 0 Å². The maximum Gasteiger partial charge on any atom is 0.425 e. The molecule has 0 aromatic heterocycles. The number of hydrazine groups is 1. The van der Waals surface area contributed by atoms with Gasteiger partial charge in [-0.05, 0) is 5.56 Å². The molecule has 4 nitrogen and oxygen atoms in total. The zero-order valence-corrected chi connectivity index (χ0v) is 9.14. The Morgan fingerprint density at radius 3 is 2.60 bits per heavy atom. The number of rotatable bonds is 2. The van der Waals surface area contributed by atoms with E-state index in [4.69, 9.17) is 12.2 Å². The van der Waals surface area contributed by atoms with Gasteiger partial charge < -0.3 is 4.74 Å². The molecule has 5 heteroatoms. The zero-order valence-electron chi connectivity index (χ0n) is 8.32. The molecule has 0 bridgehead atoms. The van der Waals surface area contributed by atoms with Crippen LogP contribution < -0.4 is 10.9 Å². The van der Waals surface area contributed by atoms with Crippen molar-refractivity contribution in [2.75, 3.05) is 7.11 Å². The van der Waals surface area contributed by atoms with E-state index in [-0.39, 0.29) is 0 Å². The molecule has 1 amide bonds. The molecule has 0 unspecified atom stereocenters. The smallest absolute Gasteiger partial charge is 0.425 e. The molecular formula is C10H12N2O2S.